The van der Waals surface area contributed by atoms with Gasteiger partial charge in [0.1, 0.15) is 18.1 Å². The molecular weight excluding hydrogens is 406 g/mol. The third-order valence-electron chi connectivity index (χ3n) is 3.04. The van der Waals surface area contributed by atoms with Crippen LogP contribution in [0, 0.1) is 5.92 Å². The van der Waals surface area contributed by atoms with Crippen molar-refractivity contribution in [3.63, 3.8) is 0 Å². The summed E-state index contributed by atoms with van der Waals surface area (Å²) < 4.78 is 12.0. The summed E-state index contributed by atoms with van der Waals surface area (Å²) in [5.74, 6) is 1.48. The number of amides is 1. The molecule has 1 aromatic heterocycles. The summed E-state index contributed by atoms with van der Waals surface area (Å²) >= 11 is 8.42. The van der Waals surface area contributed by atoms with Gasteiger partial charge in [0.05, 0.1) is 0 Å². The molecule has 0 spiro atoms. The highest BCUT2D eigenvalue weighted by atomic mass is 79.9. The van der Waals surface area contributed by atoms with Gasteiger partial charge in [-0.2, -0.15) is 0 Å². The molecule has 0 aliphatic rings. The van der Waals surface area contributed by atoms with Gasteiger partial charge in [-0.1, -0.05) is 29.8 Å². The van der Waals surface area contributed by atoms with Gasteiger partial charge in [0.2, 0.25) is 0 Å². The van der Waals surface area contributed by atoms with Crippen molar-refractivity contribution in [3.05, 3.63) is 52.4 Å². The maximum atomic E-state index is 12.0. The number of rotatable bonds is 6. The second kappa shape index (κ2) is 9.43. The number of carbonyl (C=O) groups excluding carboxylic acids is 1. The van der Waals surface area contributed by atoms with Gasteiger partial charge in [-0.25, -0.2) is 0 Å². The monoisotopic (exact) mass is 425 g/mol. The molecule has 2 aromatic rings. The van der Waals surface area contributed by atoms with Gasteiger partial charge in [0.25, 0.3) is 0 Å². The summed E-state index contributed by atoms with van der Waals surface area (Å²) in [4.78, 5) is 12.0. The van der Waals surface area contributed by atoms with Crippen LogP contribution in [0.5, 0.6) is 5.75 Å². The van der Waals surface area contributed by atoms with Gasteiger partial charge in [-0.15, -0.1) is 0 Å². The summed E-state index contributed by atoms with van der Waals surface area (Å²) in [5.41, 5.74) is 5.12. The third kappa shape index (κ3) is 6.75. The predicted octanol–water partition coefficient (Wildman–Crippen LogP) is 3.39. The van der Waals surface area contributed by atoms with E-state index < -0.39 is 5.91 Å². The van der Waals surface area contributed by atoms with Crippen LogP contribution in [0.25, 0.3) is 0 Å². The lowest BCUT2D eigenvalue weighted by Gasteiger charge is -2.12. The molecule has 2 rings (SSSR count). The molecule has 1 heterocycles. The highest BCUT2D eigenvalue weighted by molar-refractivity contribution is 9.10. The smallest absolute Gasteiger partial charge is 0.305 e. The van der Waals surface area contributed by atoms with Crippen molar-refractivity contribution in [2.45, 2.75) is 20.5 Å². The maximum Gasteiger partial charge on any atom is 0.305 e. The van der Waals surface area contributed by atoms with E-state index >= 15 is 0 Å². The molecular formula is C17H20BrN3O3S. The Morgan fingerprint density at radius 2 is 1.92 bits per heavy atom. The number of carbonyl (C=O) groups is 1. The molecule has 0 atom stereocenters. The average molecular weight is 426 g/mol. The van der Waals surface area contributed by atoms with Crippen LogP contribution in [-0.4, -0.2) is 17.6 Å². The Morgan fingerprint density at radius 3 is 2.60 bits per heavy atom. The minimum absolute atomic E-state index is 0.175. The SMILES string of the molecule is CC(C)CNC(=S)NNC(=O)c1ccc(COc2ccc(Br)cc2)o1. The number of ether oxygens (including phenoxy) is 1. The third-order valence-corrected chi connectivity index (χ3v) is 3.82. The molecule has 0 saturated carbocycles. The van der Waals surface area contributed by atoms with Gasteiger partial charge in [0.15, 0.2) is 10.9 Å². The number of halogens is 1. The number of hydrogen-bond acceptors (Lipinski definition) is 4. The Bertz CT molecular complexity index is 716. The van der Waals surface area contributed by atoms with E-state index in [-0.39, 0.29) is 12.4 Å². The molecule has 0 unspecified atom stereocenters. The van der Waals surface area contributed by atoms with Crippen molar-refractivity contribution >= 4 is 39.2 Å². The van der Waals surface area contributed by atoms with E-state index in [1.165, 1.54) is 0 Å². The Morgan fingerprint density at radius 1 is 1.20 bits per heavy atom. The van der Waals surface area contributed by atoms with E-state index in [1.54, 1.807) is 12.1 Å². The lowest BCUT2D eigenvalue weighted by atomic mass is 10.2. The van der Waals surface area contributed by atoms with Crippen molar-refractivity contribution in [3.8, 4) is 5.75 Å². The Labute approximate surface area is 160 Å². The number of benzene rings is 1. The lowest BCUT2D eigenvalue weighted by Crippen LogP contribution is -2.47. The van der Waals surface area contributed by atoms with Crippen LogP contribution >= 0.6 is 28.1 Å². The summed E-state index contributed by atoms with van der Waals surface area (Å²) in [6.45, 7) is 5.08. The Balaban J connectivity index is 1.78. The van der Waals surface area contributed by atoms with Crippen molar-refractivity contribution in [2.24, 2.45) is 5.92 Å². The van der Waals surface area contributed by atoms with Gasteiger partial charge in [-0.3, -0.25) is 15.6 Å². The van der Waals surface area contributed by atoms with E-state index in [0.717, 1.165) is 11.0 Å². The summed E-state index contributed by atoms with van der Waals surface area (Å²) in [5, 5.41) is 3.34. The first-order valence-electron chi connectivity index (χ1n) is 7.75. The van der Waals surface area contributed by atoms with Gasteiger partial charge in [-0.05, 0) is 54.5 Å². The largest absolute Gasteiger partial charge is 0.486 e. The van der Waals surface area contributed by atoms with Crippen LogP contribution in [-0.2, 0) is 6.61 Å². The van der Waals surface area contributed by atoms with Crippen molar-refractivity contribution in [1.82, 2.24) is 16.2 Å². The number of hydrazine groups is 1. The van der Waals surface area contributed by atoms with Crippen LogP contribution in [0.1, 0.15) is 30.2 Å². The second-order valence-corrected chi connectivity index (χ2v) is 7.02. The van der Waals surface area contributed by atoms with E-state index in [4.69, 9.17) is 21.4 Å². The zero-order valence-electron chi connectivity index (χ0n) is 14.0. The van der Waals surface area contributed by atoms with E-state index in [1.807, 2.05) is 24.3 Å². The average Bonchev–Trinajstić information content (AvgIpc) is 3.06. The first-order valence-corrected chi connectivity index (χ1v) is 8.95. The van der Waals surface area contributed by atoms with Gasteiger partial charge < -0.3 is 14.5 Å². The highest BCUT2D eigenvalue weighted by Gasteiger charge is 2.12. The molecule has 25 heavy (non-hydrogen) atoms. The molecule has 1 aromatic carbocycles. The Hall–Kier alpha value is -2.06. The van der Waals surface area contributed by atoms with E-state index in [9.17, 15) is 4.79 Å². The molecule has 0 aliphatic heterocycles. The molecule has 0 fully saturated rings. The predicted molar refractivity (Wildman–Crippen MR) is 103 cm³/mol. The van der Waals surface area contributed by atoms with Gasteiger partial charge in [0, 0.05) is 11.0 Å². The Kier molecular flexibility index (Phi) is 7.27. The summed E-state index contributed by atoms with van der Waals surface area (Å²) in [6.07, 6.45) is 0. The van der Waals surface area contributed by atoms with Crippen LogP contribution in [0.4, 0.5) is 0 Å². The molecule has 0 bridgehead atoms. The molecule has 1 amide bonds. The standard InChI is InChI=1S/C17H20BrN3O3S/c1-11(2)9-19-17(25)21-20-16(22)15-8-7-14(24-15)10-23-13-5-3-12(18)4-6-13/h3-8,11H,9-10H2,1-2H3,(H,20,22)(H2,19,21,25). The highest BCUT2D eigenvalue weighted by Crippen LogP contribution is 2.18. The minimum atomic E-state index is -0.413. The molecule has 134 valence electrons. The second-order valence-electron chi connectivity index (χ2n) is 5.69. The van der Waals surface area contributed by atoms with Crippen molar-refractivity contribution in [1.29, 1.82) is 0 Å². The number of furan rings is 1. The zero-order valence-corrected chi connectivity index (χ0v) is 16.4. The molecule has 0 aliphatic carbocycles. The fraction of sp³-hybridized carbons (Fsp3) is 0.294. The van der Waals surface area contributed by atoms with Crippen LogP contribution in [0.2, 0.25) is 0 Å². The van der Waals surface area contributed by atoms with E-state index in [0.29, 0.717) is 22.5 Å². The topological polar surface area (TPSA) is 75.5 Å². The zero-order chi connectivity index (χ0) is 18.2. The first kappa shape index (κ1) is 19.3. The van der Waals surface area contributed by atoms with Crippen LogP contribution in [0.3, 0.4) is 0 Å². The van der Waals surface area contributed by atoms with Crippen molar-refractivity contribution < 1.29 is 13.9 Å². The van der Waals surface area contributed by atoms with Crippen LogP contribution < -0.4 is 20.9 Å². The first-order chi connectivity index (χ1) is 11.9. The molecule has 3 N–H and O–H groups in total. The minimum Gasteiger partial charge on any atom is -0.486 e. The van der Waals surface area contributed by atoms with Gasteiger partial charge >= 0.3 is 5.91 Å². The maximum absolute atomic E-state index is 12.0. The number of hydrogen-bond donors (Lipinski definition) is 3. The summed E-state index contributed by atoms with van der Waals surface area (Å²) in [6, 6.07) is 10.7. The molecule has 8 heteroatoms. The van der Waals surface area contributed by atoms with Crippen molar-refractivity contribution in [2.75, 3.05) is 6.54 Å². The number of thiocarbonyl (C=S) groups is 1. The summed E-state index contributed by atoms with van der Waals surface area (Å²) in [7, 11) is 0. The van der Waals surface area contributed by atoms with Crippen LogP contribution in [0.15, 0.2) is 45.3 Å². The molecule has 6 nitrogen and oxygen atoms in total. The lowest BCUT2D eigenvalue weighted by molar-refractivity contribution is 0.0911. The molecule has 0 radical (unpaired) electrons. The quantitative estimate of drug-likeness (QED) is 0.486. The van der Waals surface area contributed by atoms with E-state index in [2.05, 4.69) is 45.9 Å². The normalized spacial score (nSPS) is 10.4. The molecule has 0 saturated heterocycles. The number of nitrogens with one attached hydrogen (secondary N) is 3. The fourth-order valence-corrected chi connectivity index (χ4v) is 2.18. The fourth-order valence-electron chi connectivity index (χ4n) is 1.78.